The second kappa shape index (κ2) is 16.1. The fraction of sp³-hybridized carbons (Fsp3) is 0.290. The number of phenols is 2. The molecule has 4 aromatic rings. The average Bonchev–Trinajstić information content (AvgIpc) is 2.90. The van der Waals surface area contributed by atoms with Crippen molar-refractivity contribution < 1.29 is 10.2 Å². The molecule has 0 aliphatic heterocycles. The van der Waals surface area contributed by atoms with Crippen LogP contribution in [0.4, 0.5) is 0 Å². The molecule has 0 aliphatic carbocycles. The average molecular weight is 533 g/mol. The third-order valence-corrected chi connectivity index (χ3v) is 5.80. The zero-order valence-corrected chi connectivity index (χ0v) is 22.5. The van der Waals surface area contributed by atoms with E-state index in [2.05, 4.69) is 32.0 Å². The topological polar surface area (TPSA) is 81.5 Å². The van der Waals surface area contributed by atoms with Crippen molar-refractivity contribution in [1.82, 2.24) is 20.2 Å². The number of nitrogens with zero attached hydrogens (tertiary/aromatic N) is 3. The largest absolute Gasteiger partial charge is 0.505 e. The van der Waals surface area contributed by atoms with Crippen LogP contribution in [0.25, 0.3) is 21.8 Å². The lowest BCUT2D eigenvalue weighted by atomic mass is 10.0. The highest BCUT2D eigenvalue weighted by molar-refractivity contribution is 6.18. The molecule has 0 saturated heterocycles. The van der Waals surface area contributed by atoms with E-state index < -0.39 is 0 Å². The number of pyridine rings is 2. The lowest BCUT2D eigenvalue weighted by molar-refractivity contribution is 0.370. The first-order valence-corrected chi connectivity index (χ1v) is 12.2. The lowest BCUT2D eigenvalue weighted by Crippen LogP contribution is -2.18. The van der Waals surface area contributed by atoms with Gasteiger partial charge in [-0.2, -0.15) is 0 Å². The number of phenolic OH excluding ortho intramolecular Hbond substituents is 2. The van der Waals surface area contributed by atoms with Crippen LogP contribution in [0.3, 0.4) is 0 Å². The third-order valence-electron chi connectivity index (χ3n) is 5.51. The summed E-state index contributed by atoms with van der Waals surface area (Å²) in [5.74, 6) is 5.97. The van der Waals surface area contributed by atoms with Crippen LogP contribution in [0.1, 0.15) is 29.7 Å². The van der Waals surface area contributed by atoms with Crippen LogP contribution in [-0.4, -0.2) is 52.3 Å². The maximum Gasteiger partial charge on any atom is 0.144 e. The molecule has 6 nitrogen and oxygen atoms in total. The summed E-state index contributed by atoms with van der Waals surface area (Å²) in [6.07, 6.45) is 13.5. The molecule has 0 spiro atoms. The molecular formula is C31H37ClN4O2. The van der Waals surface area contributed by atoms with Gasteiger partial charge in [0, 0.05) is 35.6 Å². The second-order valence-corrected chi connectivity index (χ2v) is 8.71. The number of rotatable bonds is 5. The molecular weight excluding hydrogens is 496 g/mol. The van der Waals surface area contributed by atoms with E-state index >= 15 is 0 Å². The van der Waals surface area contributed by atoms with Crippen LogP contribution in [0, 0.1) is 38.5 Å². The number of fused-ring (bicyclic) bond motifs is 2. The quantitative estimate of drug-likeness (QED) is 0.223. The van der Waals surface area contributed by atoms with Crippen LogP contribution >= 0.6 is 11.6 Å². The van der Waals surface area contributed by atoms with Gasteiger partial charge in [0.1, 0.15) is 22.5 Å². The number of benzene rings is 2. The maximum absolute atomic E-state index is 10.0. The van der Waals surface area contributed by atoms with Crippen molar-refractivity contribution in [2.75, 3.05) is 27.2 Å². The first kappa shape index (κ1) is 32.2. The van der Waals surface area contributed by atoms with E-state index in [1.165, 1.54) is 0 Å². The zero-order valence-electron chi connectivity index (χ0n) is 21.7. The van der Waals surface area contributed by atoms with Gasteiger partial charge >= 0.3 is 0 Å². The van der Waals surface area contributed by atoms with Crippen molar-refractivity contribution in [2.45, 2.75) is 33.7 Å². The molecule has 0 saturated carbocycles. The van der Waals surface area contributed by atoms with Crippen molar-refractivity contribution in [2.24, 2.45) is 0 Å². The highest BCUT2D eigenvalue weighted by atomic mass is 35.5. The SMILES string of the molecule is C.C#CCN(C)Cc1cc(C)c(O)c2ncccc12.C#CCNC.Cc1cc(CCl)c2cccnc2c1O. The first-order chi connectivity index (χ1) is 17.8. The predicted octanol–water partition coefficient (Wildman–Crippen LogP) is 5.78. The highest BCUT2D eigenvalue weighted by Crippen LogP contribution is 2.31. The first-order valence-electron chi connectivity index (χ1n) is 11.7. The molecule has 7 heteroatoms. The van der Waals surface area contributed by atoms with Gasteiger partial charge in [0.2, 0.25) is 0 Å². The standard InChI is InChI=1S/C15H16N2O.C11H10ClNO.C4H7N.CH4/c1-4-8-17(3)10-12-9-11(2)15(18)14-13(12)6-5-7-16-14;1-7-5-8(6-12)9-3-2-4-13-10(9)11(7)14;1-3-4-5-2;/h1,5-7,9,18H,8,10H2,2-3H3;2-5,14H,6H2,1H3;1,5H,4H2,2H3;1H4. The van der Waals surface area contributed by atoms with Crippen LogP contribution in [0.5, 0.6) is 11.5 Å². The van der Waals surface area contributed by atoms with Gasteiger partial charge in [0.05, 0.1) is 13.1 Å². The summed E-state index contributed by atoms with van der Waals surface area (Å²) in [6, 6.07) is 11.5. The summed E-state index contributed by atoms with van der Waals surface area (Å²) < 4.78 is 0. The molecule has 2 aromatic carbocycles. The van der Waals surface area contributed by atoms with Gasteiger partial charge < -0.3 is 15.5 Å². The second-order valence-electron chi connectivity index (χ2n) is 8.45. The molecule has 0 amide bonds. The van der Waals surface area contributed by atoms with Crippen molar-refractivity contribution in [3.05, 3.63) is 71.0 Å². The molecule has 0 aliphatic rings. The maximum atomic E-state index is 10.0. The normalized spacial score (nSPS) is 9.89. The number of hydrogen-bond acceptors (Lipinski definition) is 6. The molecule has 0 fully saturated rings. The number of nitrogens with one attached hydrogen (secondary N) is 1. The molecule has 4 rings (SSSR count). The smallest absolute Gasteiger partial charge is 0.144 e. The highest BCUT2D eigenvalue weighted by Gasteiger charge is 2.11. The Morgan fingerprint density at radius 1 is 0.921 bits per heavy atom. The minimum absolute atomic E-state index is 0. The number of aromatic nitrogens is 2. The molecule has 0 atom stereocenters. The number of aryl methyl sites for hydroxylation is 2. The Morgan fingerprint density at radius 3 is 1.84 bits per heavy atom. The zero-order chi connectivity index (χ0) is 27.4. The minimum atomic E-state index is 0. The van der Waals surface area contributed by atoms with Crippen LogP contribution < -0.4 is 5.32 Å². The molecule has 0 bridgehead atoms. The molecule has 0 unspecified atom stereocenters. The summed E-state index contributed by atoms with van der Waals surface area (Å²) in [7, 11) is 3.80. The Morgan fingerprint density at radius 2 is 1.42 bits per heavy atom. The molecule has 2 heterocycles. The van der Waals surface area contributed by atoms with Gasteiger partial charge in [0.25, 0.3) is 0 Å². The van der Waals surface area contributed by atoms with E-state index in [4.69, 9.17) is 24.4 Å². The number of terminal acetylenes is 2. The van der Waals surface area contributed by atoms with Crippen molar-refractivity contribution in [1.29, 1.82) is 0 Å². The van der Waals surface area contributed by atoms with E-state index in [9.17, 15) is 10.2 Å². The number of hydrogen-bond donors (Lipinski definition) is 3. The van der Waals surface area contributed by atoms with Gasteiger partial charge in [0.15, 0.2) is 0 Å². The summed E-state index contributed by atoms with van der Waals surface area (Å²) >= 11 is 5.82. The van der Waals surface area contributed by atoms with E-state index in [1.807, 2.05) is 64.3 Å². The molecule has 2 aromatic heterocycles. The van der Waals surface area contributed by atoms with Gasteiger partial charge in [-0.05, 0) is 62.3 Å². The molecule has 0 radical (unpaired) electrons. The lowest BCUT2D eigenvalue weighted by Gasteiger charge is -2.16. The Bertz CT molecular complexity index is 1420. The van der Waals surface area contributed by atoms with Crippen molar-refractivity contribution in [3.8, 4) is 36.2 Å². The molecule has 38 heavy (non-hydrogen) atoms. The fourth-order valence-corrected chi connectivity index (χ4v) is 3.96. The van der Waals surface area contributed by atoms with Crippen LogP contribution in [0.15, 0.2) is 48.8 Å². The van der Waals surface area contributed by atoms with Gasteiger partial charge in [-0.3, -0.25) is 14.9 Å². The number of alkyl halides is 1. The fourth-order valence-electron chi connectivity index (χ4n) is 3.74. The minimum Gasteiger partial charge on any atom is -0.505 e. The summed E-state index contributed by atoms with van der Waals surface area (Å²) in [6.45, 7) is 5.74. The number of aromatic hydroxyl groups is 2. The van der Waals surface area contributed by atoms with Gasteiger partial charge in [-0.15, -0.1) is 24.4 Å². The Labute approximate surface area is 231 Å². The van der Waals surface area contributed by atoms with E-state index in [1.54, 1.807) is 12.4 Å². The van der Waals surface area contributed by atoms with Crippen LogP contribution in [0.2, 0.25) is 0 Å². The summed E-state index contributed by atoms with van der Waals surface area (Å²) in [5.41, 5.74) is 5.07. The summed E-state index contributed by atoms with van der Waals surface area (Å²) in [5, 5.41) is 24.5. The van der Waals surface area contributed by atoms with Crippen LogP contribution in [-0.2, 0) is 12.4 Å². The van der Waals surface area contributed by atoms with Gasteiger partial charge in [-0.25, -0.2) is 0 Å². The van der Waals surface area contributed by atoms with E-state index in [0.29, 0.717) is 30.0 Å². The Kier molecular flexibility index (Phi) is 13.7. The number of halogens is 1. The van der Waals surface area contributed by atoms with E-state index in [-0.39, 0.29) is 18.9 Å². The Balaban J connectivity index is 0.000000322. The molecule has 3 N–H and O–H groups in total. The Hall–Kier alpha value is -3.81. The monoisotopic (exact) mass is 532 g/mol. The predicted molar refractivity (Wildman–Crippen MR) is 161 cm³/mol. The summed E-state index contributed by atoms with van der Waals surface area (Å²) in [4.78, 5) is 10.4. The van der Waals surface area contributed by atoms with E-state index in [0.717, 1.165) is 39.6 Å². The van der Waals surface area contributed by atoms with Gasteiger partial charge in [-0.1, -0.05) is 43.5 Å². The molecule has 200 valence electrons. The third kappa shape index (κ3) is 8.36. The van der Waals surface area contributed by atoms with Crippen molar-refractivity contribution >= 4 is 33.4 Å². The van der Waals surface area contributed by atoms with Crippen molar-refractivity contribution in [3.63, 3.8) is 0 Å².